The molecule has 0 saturated carbocycles. The fourth-order valence-electron chi connectivity index (χ4n) is 4.90. The number of piperidine rings is 1. The Bertz CT molecular complexity index is 756. The first-order valence-electron chi connectivity index (χ1n) is 10.6. The van der Waals surface area contributed by atoms with E-state index in [9.17, 15) is 14.4 Å². The molecule has 6 nitrogen and oxygen atoms in total. The van der Waals surface area contributed by atoms with Crippen molar-refractivity contribution < 1.29 is 14.4 Å². The molecule has 3 fully saturated rings. The number of rotatable bonds is 6. The molecule has 7 heteroatoms. The molecule has 1 aromatic carbocycles. The monoisotopic (exact) mass is 415 g/mol. The predicted molar refractivity (Wildman–Crippen MR) is 114 cm³/mol. The molecule has 29 heavy (non-hydrogen) atoms. The fraction of sp³-hybridized carbons (Fsp3) is 0.591. The van der Waals surface area contributed by atoms with Crippen molar-refractivity contribution in [1.82, 2.24) is 14.7 Å². The van der Waals surface area contributed by atoms with E-state index in [1.807, 2.05) is 4.90 Å². The zero-order valence-electron chi connectivity index (χ0n) is 16.8. The lowest BCUT2D eigenvalue weighted by atomic mass is 9.79. The van der Waals surface area contributed by atoms with Crippen LogP contribution in [0.15, 0.2) is 30.3 Å². The van der Waals surface area contributed by atoms with Crippen molar-refractivity contribution in [2.24, 2.45) is 5.41 Å². The number of hydrogen-bond acceptors (Lipinski definition) is 5. The Morgan fingerprint density at radius 3 is 2.66 bits per heavy atom. The summed E-state index contributed by atoms with van der Waals surface area (Å²) in [4.78, 5) is 41.8. The van der Waals surface area contributed by atoms with Gasteiger partial charge in [-0.3, -0.25) is 19.3 Å². The van der Waals surface area contributed by atoms with E-state index in [1.54, 1.807) is 0 Å². The maximum atomic E-state index is 12.7. The maximum absolute atomic E-state index is 12.7. The fourth-order valence-corrected chi connectivity index (χ4v) is 5.63. The third-order valence-corrected chi connectivity index (χ3v) is 7.31. The van der Waals surface area contributed by atoms with Gasteiger partial charge in [0.05, 0.1) is 5.75 Å². The van der Waals surface area contributed by atoms with Crippen molar-refractivity contribution in [1.29, 1.82) is 0 Å². The number of likely N-dealkylation sites (tertiary alicyclic amines) is 2. The summed E-state index contributed by atoms with van der Waals surface area (Å²) in [6, 6.07) is 10.6. The molecule has 3 aliphatic rings. The highest BCUT2D eigenvalue weighted by atomic mass is 32.2. The predicted octanol–water partition coefficient (Wildman–Crippen LogP) is 2.63. The van der Waals surface area contributed by atoms with Gasteiger partial charge in [-0.1, -0.05) is 42.1 Å². The number of amides is 3. The number of nitrogens with zero attached hydrogens (tertiary/aromatic N) is 3. The first-order valence-corrected chi connectivity index (χ1v) is 11.5. The van der Waals surface area contributed by atoms with Crippen molar-refractivity contribution in [3.8, 4) is 0 Å². The molecule has 0 aliphatic carbocycles. The van der Waals surface area contributed by atoms with Crippen LogP contribution < -0.4 is 0 Å². The Morgan fingerprint density at radius 1 is 1.07 bits per heavy atom. The summed E-state index contributed by atoms with van der Waals surface area (Å²) in [5.74, 6) is -0.176. The molecule has 3 aliphatic heterocycles. The molecule has 3 heterocycles. The van der Waals surface area contributed by atoms with E-state index < -0.39 is 0 Å². The van der Waals surface area contributed by atoms with Crippen molar-refractivity contribution in [3.63, 3.8) is 0 Å². The first-order chi connectivity index (χ1) is 14.0. The second kappa shape index (κ2) is 8.88. The van der Waals surface area contributed by atoms with E-state index in [0.717, 1.165) is 75.1 Å². The molecule has 1 spiro atoms. The van der Waals surface area contributed by atoms with Crippen LogP contribution in [0.4, 0.5) is 4.79 Å². The van der Waals surface area contributed by atoms with E-state index in [2.05, 4.69) is 35.2 Å². The molecular weight excluding hydrogens is 386 g/mol. The number of hydrogen-bond donors (Lipinski definition) is 0. The van der Waals surface area contributed by atoms with Gasteiger partial charge in [-0.15, -0.1) is 0 Å². The zero-order chi connectivity index (χ0) is 20.3. The lowest BCUT2D eigenvalue weighted by molar-refractivity contribution is -0.136. The topological polar surface area (TPSA) is 60.9 Å². The van der Waals surface area contributed by atoms with Gasteiger partial charge < -0.3 is 9.80 Å². The van der Waals surface area contributed by atoms with Crippen molar-refractivity contribution >= 4 is 28.8 Å². The third-order valence-electron chi connectivity index (χ3n) is 6.45. The minimum Gasteiger partial charge on any atom is -0.341 e. The quantitative estimate of drug-likeness (QED) is 0.715. The average molecular weight is 416 g/mol. The van der Waals surface area contributed by atoms with Crippen molar-refractivity contribution in [3.05, 3.63) is 35.9 Å². The normalized spacial score (nSPS) is 25.4. The standard InChI is InChI=1S/C22H29N3O3S/c26-19(14-25-20(27)15-29-21(25)28)24-13-10-22(17-24)9-5-12-23(16-22)11-4-8-18-6-2-1-3-7-18/h1-3,6-7H,4-5,8-17H2/t22-/m0/s1. The summed E-state index contributed by atoms with van der Waals surface area (Å²) in [6.45, 7) is 4.67. The Kier molecular flexibility index (Phi) is 6.25. The number of thioether (sulfide) groups is 1. The number of imide groups is 1. The summed E-state index contributed by atoms with van der Waals surface area (Å²) >= 11 is 0.986. The van der Waals surface area contributed by atoms with Gasteiger partial charge in [-0.25, -0.2) is 0 Å². The van der Waals surface area contributed by atoms with E-state index in [0.29, 0.717) is 0 Å². The first kappa shape index (κ1) is 20.4. The van der Waals surface area contributed by atoms with E-state index in [4.69, 9.17) is 0 Å². The Morgan fingerprint density at radius 2 is 1.90 bits per heavy atom. The second-order valence-corrected chi connectivity index (χ2v) is 9.50. The van der Waals surface area contributed by atoms with Crippen LogP contribution in [0.25, 0.3) is 0 Å². The van der Waals surface area contributed by atoms with Crippen LogP contribution in [0.3, 0.4) is 0 Å². The Hall–Kier alpha value is -1.86. The molecule has 0 radical (unpaired) electrons. The third kappa shape index (κ3) is 4.83. The molecule has 1 atom stereocenters. The number of aryl methyl sites for hydroxylation is 1. The molecule has 0 N–H and O–H groups in total. The lowest BCUT2D eigenvalue weighted by Gasteiger charge is -2.40. The number of benzene rings is 1. The summed E-state index contributed by atoms with van der Waals surface area (Å²) < 4.78 is 0. The number of carbonyl (C=O) groups excluding carboxylic acids is 3. The SMILES string of the molecule is O=C(CN1C(=O)CSC1=O)N1CC[C@]2(CCCN(CCCc3ccccc3)C2)C1. The largest absolute Gasteiger partial charge is 0.341 e. The van der Waals surface area contributed by atoms with Crippen LogP contribution in [0.2, 0.25) is 0 Å². The maximum Gasteiger partial charge on any atom is 0.289 e. The summed E-state index contributed by atoms with van der Waals surface area (Å²) in [7, 11) is 0. The molecule has 4 rings (SSSR count). The zero-order valence-corrected chi connectivity index (χ0v) is 17.7. The molecule has 3 amide bonds. The van der Waals surface area contributed by atoms with Crippen LogP contribution in [-0.2, 0) is 16.0 Å². The van der Waals surface area contributed by atoms with Crippen LogP contribution in [0.5, 0.6) is 0 Å². The van der Waals surface area contributed by atoms with Gasteiger partial charge in [0.1, 0.15) is 6.54 Å². The Balaban J connectivity index is 1.27. The molecule has 3 saturated heterocycles. The van der Waals surface area contributed by atoms with E-state index in [-0.39, 0.29) is 34.8 Å². The van der Waals surface area contributed by atoms with E-state index >= 15 is 0 Å². The van der Waals surface area contributed by atoms with Gasteiger partial charge in [0.25, 0.3) is 5.24 Å². The van der Waals surface area contributed by atoms with Crippen LogP contribution in [0.1, 0.15) is 31.2 Å². The summed E-state index contributed by atoms with van der Waals surface area (Å²) in [5, 5.41) is -0.292. The van der Waals surface area contributed by atoms with Gasteiger partial charge in [0.15, 0.2) is 0 Å². The van der Waals surface area contributed by atoms with Crippen LogP contribution in [-0.4, -0.2) is 76.8 Å². The highest BCUT2D eigenvalue weighted by Crippen LogP contribution is 2.39. The average Bonchev–Trinajstić information content (AvgIpc) is 3.27. The molecule has 0 bridgehead atoms. The molecule has 0 aromatic heterocycles. The molecule has 0 unspecified atom stereocenters. The number of carbonyl (C=O) groups is 3. The van der Waals surface area contributed by atoms with Crippen LogP contribution in [0, 0.1) is 5.41 Å². The molecule has 156 valence electrons. The minimum absolute atomic E-state index is 0.0905. The highest BCUT2D eigenvalue weighted by Gasteiger charge is 2.43. The Labute approximate surface area is 176 Å². The highest BCUT2D eigenvalue weighted by molar-refractivity contribution is 8.14. The van der Waals surface area contributed by atoms with Gasteiger partial charge in [0, 0.05) is 25.0 Å². The van der Waals surface area contributed by atoms with Gasteiger partial charge in [0.2, 0.25) is 11.8 Å². The minimum atomic E-state index is -0.292. The smallest absolute Gasteiger partial charge is 0.289 e. The van der Waals surface area contributed by atoms with Crippen LogP contribution >= 0.6 is 11.8 Å². The summed E-state index contributed by atoms with van der Waals surface area (Å²) in [5.41, 5.74) is 1.56. The molecular formula is C22H29N3O3S. The van der Waals surface area contributed by atoms with Gasteiger partial charge in [-0.05, 0) is 50.8 Å². The summed E-state index contributed by atoms with van der Waals surface area (Å²) in [6.07, 6.45) is 5.60. The second-order valence-electron chi connectivity index (χ2n) is 8.57. The van der Waals surface area contributed by atoms with Gasteiger partial charge in [-0.2, -0.15) is 0 Å². The van der Waals surface area contributed by atoms with Crippen molar-refractivity contribution in [2.45, 2.75) is 32.1 Å². The van der Waals surface area contributed by atoms with Crippen molar-refractivity contribution in [2.75, 3.05) is 45.0 Å². The lowest BCUT2D eigenvalue weighted by Crippen LogP contribution is -2.47. The van der Waals surface area contributed by atoms with Gasteiger partial charge >= 0.3 is 0 Å². The molecule has 1 aromatic rings. The van der Waals surface area contributed by atoms with E-state index in [1.165, 1.54) is 12.0 Å².